The van der Waals surface area contributed by atoms with Crippen molar-refractivity contribution in [2.75, 3.05) is 18.1 Å². The molecule has 0 amide bonds. The van der Waals surface area contributed by atoms with Gasteiger partial charge in [0.1, 0.15) is 0 Å². The average molecular weight is 860 g/mol. The molecule has 1 aliphatic heterocycles. The van der Waals surface area contributed by atoms with E-state index < -0.39 is 40.7 Å². The third kappa shape index (κ3) is 6.12. The lowest BCUT2D eigenvalue weighted by atomic mass is 9.42. The summed E-state index contributed by atoms with van der Waals surface area (Å²) in [4.78, 5) is 23.7. The molecule has 6 fully saturated rings. The molecule has 0 aromatic carbocycles. The summed E-state index contributed by atoms with van der Waals surface area (Å²) in [6.45, 7) is 9.68. The van der Waals surface area contributed by atoms with E-state index in [0.717, 1.165) is 49.9 Å². The van der Waals surface area contributed by atoms with Crippen molar-refractivity contribution in [2.45, 2.75) is 141 Å². The van der Waals surface area contributed by atoms with E-state index in [9.17, 15) is 25.2 Å². The second-order valence-electron chi connectivity index (χ2n) is 22.1. The van der Waals surface area contributed by atoms with Gasteiger partial charge >= 0.3 is 0 Å². The monoisotopic (exact) mass is 859 g/mol. The highest BCUT2D eigenvalue weighted by atomic mass is 33.1. The first kappa shape index (κ1) is 41.9. The van der Waals surface area contributed by atoms with Crippen LogP contribution < -0.4 is 11.5 Å². The van der Waals surface area contributed by atoms with Crippen LogP contribution in [-0.2, 0) is 4.79 Å². The molecular weight excluding hydrogens is 791 g/mol. The molecule has 16 unspecified atom stereocenters. The Morgan fingerprint density at radius 3 is 2.50 bits per heavy atom. The molecule has 1 aromatic rings. The van der Waals surface area contributed by atoms with E-state index in [1.807, 2.05) is 34.1 Å². The van der Waals surface area contributed by atoms with Gasteiger partial charge in [0, 0.05) is 65.6 Å². The third-order valence-corrected chi connectivity index (χ3v) is 21.2. The summed E-state index contributed by atoms with van der Waals surface area (Å²) in [7, 11) is 3.74. The third-order valence-electron chi connectivity index (χ3n) is 18.7. The number of hydrogen-bond donors (Lipinski definition) is 6. The van der Waals surface area contributed by atoms with E-state index in [2.05, 4.69) is 48.4 Å². The summed E-state index contributed by atoms with van der Waals surface area (Å²) < 4.78 is 2.30. The number of allylic oxidation sites excluding steroid dienone is 3. The maximum atomic E-state index is 14.5. The lowest BCUT2D eigenvalue weighted by molar-refractivity contribution is -0.171. The van der Waals surface area contributed by atoms with E-state index in [0.29, 0.717) is 30.6 Å². The standard InChI is InChI=1S/C48H69N5O5S2/c1-45(2)19-28(53-13-12-51-24-53)23-60-59-22-27-15-33(32-14-25-8-7-11-30-29-9-5-6-10-31(29)42(45)40(39(25)30)43(32)57)47(4)18-26(21-52-44(49)50)41-35(48(27,47)58)17-36(54)34-16-37(55)38(56)20-46(34,41)3/h12-13,17,24-29,32-34,37-38,40-41,43,55-58H,5-11,14-16,18-23H2,1-4H3,(H4,49,50,52). The molecule has 12 heteroatoms. The maximum Gasteiger partial charge on any atom is 0.185 e. The second kappa shape index (κ2) is 15.0. The largest absolute Gasteiger partial charge is 0.392 e. The fourth-order valence-corrected chi connectivity index (χ4v) is 19.3. The van der Waals surface area contributed by atoms with Crippen molar-refractivity contribution < 1.29 is 25.2 Å². The van der Waals surface area contributed by atoms with Crippen LogP contribution in [0.3, 0.4) is 0 Å². The first-order chi connectivity index (χ1) is 28.6. The summed E-state index contributed by atoms with van der Waals surface area (Å²) in [6.07, 6.45) is 17.3. The summed E-state index contributed by atoms with van der Waals surface area (Å²) in [5.41, 5.74) is 16.4. The minimum atomic E-state index is -1.33. The van der Waals surface area contributed by atoms with Crippen LogP contribution in [0.5, 0.6) is 0 Å². The molecule has 8 aliphatic carbocycles. The number of imidazole rings is 1. The zero-order chi connectivity index (χ0) is 42.1. The van der Waals surface area contributed by atoms with Crippen LogP contribution in [0.4, 0.5) is 0 Å². The quantitative estimate of drug-likeness (QED) is 0.0824. The molecule has 8 N–H and O–H groups in total. The van der Waals surface area contributed by atoms with Crippen LogP contribution >= 0.6 is 21.6 Å². The van der Waals surface area contributed by atoms with E-state index in [4.69, 9.17) is 11.5 Å². The Hall–Kier alpha value is -2.09. The fourth-order valence-electron chi connectivity index (χ4n) is 16.5. The molecule has 1 saturated heterocycles. The van der Waals surface area contributed by atoms with E-state index in [1.54, 1.807) is 22.8 Å². The van der Waals surface area contributed by atoms with Gasteiger partial charge in [-0.15, -0.1) is 0 Å². The Morgan fingerprint density at radius 1 is 0.950 bits per heavy atom. The summed E-state index contributed by atoms with van der Waals surface area (Å²) in [5.74, 6) is 1.43. The number of fused-ring (bicyclic) bond motifs is 13. The molecule has 60 heavy (non-hydrogen) atoms. The van der Waals surface area contributed by atoms with Crippen LogP contribution in [-0.4, -0.2) is 83.7 Å². The number of rotatable bonds is 3. The highest BCUT2D eigenvalue weighted by Gasteiger charge is 2.73. The smallest absolute Gasteiger partial charge is 0.185 e. The predicted octanol–water partition coefficient (Wildman–Crippen LogP) is 6.76. The molecular formula is C48H69N5O5S2. The van der Waals surface area contributed by atoms with Gasteiger partial charge in [-0.05, 0) is 129 Å². The molecule has 10 nitrogen and oxygen atoms in total. The summed E-state index contributed by atoms with van der Waals surface area (Å²) in [5, 5.41) is 49.9. The topological polar surface area (TPSA) is 180 Å². The number of carbonyl (C=O) groups excluding carboxylic acids is 1. The Labute approximate surface area is 364 Å². The van der Waals surface area contributed by atoms with Crippen LogP contribution in [0.25, 0.3) is 0 Å². The number of hydrogen-bond acceptors (Lipinski definition) is 9. The van der Waals surface area contributed by atoms with Gasteiger partial charge in [-0.1, -0.05) is 78.0 Å². The zero-order valence-corrected chi connectivity index (χ0v) is 37.8. The summed E-state index contributed by atoms with van der Waals surface area (Å²) >= 11 is 0. The molecule has 0 spiro atoms. The van der Waals surface area contributed by atoms with Crippen molar-refractivity contribution >= 4 is 33.3 Å². The predicted molar refractivity (Wildman–Crippen MR) is 238 cm³/mol. The van der Waals surface area contributed by atoms with Gasteiger partial charge in [-0.25, -0.2) is 4.98 Å². The highest BCUT2D eigenvalue weighted by Crippen LogP contribution is 2.73. The van der Waals surface area contributed by atoms with Crippen LogP contribution in [0, 0.1) is 69.5 Å². The first-order valence-electron chi connectivity index (χ1n) is 23.3. The van der Waals surface area contributed by atoms with Gasteiger partial charge in [-0.2, -0.15) is 0 Å². The lowest BCUT2D eigenvalue weighted by Crippen LogP contribution is -2.65. The van der Waals surface area contributed by atoms with Crippen LogP contribution in [0.2, 0.25) is 0 Å². The zero-order valence-electron chi connectivity index (χ0n) is 36.1. The number of aliphatic hydroxyl groups is 4. The normalized spacial score (nSPS) is 47.2. The van der Waals surface area contributed by atoms with E-state index >= 15 is 0 Å². The fraction of sp³-hybridized carbons (Fsp3) is 0.771. The number of aliphatic imine (C=N–C) groups is 1. The molecule has 5 saturated carbocycles. The van der Waals surface area contributed by atoms with E-state index in [1.165, 1.54) is 31.3 Å². The Bertz CT molecular complexity index is 2010. The van der Waals surface area contributed by atoms with Crippen molar-refractivity contribution in [1.29, 1.82) is 0 Å². The Balaban J connectivity index is 1.15. The molecule has 16 atom stereocenters. The minimum Gasteiger partial charge on any atom is -0.392 e. The van der Waals surface area contributed by atoms with Gasteiger partial charge < -0.3 is 36.5 Å². The van der Waals surface area contributed by atoms with Crippen molar-refractivity contribution in [3.05, 3.63) is 52.7 Å². The van der Waals surface area contributed by atoms with E-state index in [-0.39, 0.29) is 71.5 Å². The molecule has 10 rings (SSSR count). The number of aromatic nitrogens is 2. The molecule has 4 bridgehead atoms. The second-order valence-corrected chi connectivity index (χ2v) is 24.6. The van der Waals surface area contributed by atoms with Crippen molar-refractivity contribution in [3.8, 4) is 0 Å². The number of nitrogens with zero attached hydrogens (tertiary/aromatic N) is 3. The van der Waals surface area contributed by atoms with Gasteiger partial charge in [0.25, 0.3) is 0 Å². The summed E-state index contributed by atoms with van der Waals surface area (Å²) in [6, 6.07) is 0.204. The van der Waals surface area contributed by atoms with Gasteiger partial charge in [0.15, 0.2) is 11.7 Å². The Kier molecular flexibility index (Phi) is 10.5. The molecule has 9 aliphatic rings. The molecule has 1 aromatic heterocycles. The lowest BCUT2D eigenvalue weighted by Gasteiger charge is -2.64. The SMILES string of the molecule is CC1(C)CC(n2ccnc2)CSSCC2CC(C3CC4CCCC5=C4C(C1=C1CCCCC51)C3O)C1(C)CC(CN=C(N)N)C3C(=CC(=O)C4CC(O)C(O)CC43C)C21O. The average Bonchev–Trinajstić information content (AvgIpc) is 3.82. The maximum absolute atomic E-state index is 14.5. The molecule has 328 valence electrons. The van der Waals surface area contributed by atoms with Crippen molar-refractivity contribution in [1.82, 2.24) is 9.55 Å². The number of nitrogens with two attached hydrogens (primary N) is 2. The Morgan fingerprint density at radius 2 is 1.73 bits per heavy atom. The molecule has 2 heterocycles. The number of ketones is 1. The number of guanidine groups is 1. The van der Waals surface area contributed by atoms with Crippen molar-refractivity contribution in [3.63, 3.8) is 0 Å². The highest BCUT2D eigenvalue weighted by molar-refractivity contribution is 8.76. The molecule has 0 radical (unpaired) electrons. The van der Waals surface area contributed by atoms with Crippen molar-refractivity contribution in [2.24, 2.45) is 86.0 Å². The minimum absolute atomic E-state index is 0.00283. The van der Waals surface area contributed by atoms with Gasteiger partial charge in [0.05, 0.1) is 30.2 Å². The van der Waals surface area contributed by atoms with Gasteiger partial charge in [0.2, 0.25) is 0 Å². The van der Waals surface area contributed by atoms with Gasteiger partial charge in [-0.3, -0.25) is 9.79 Å². The number of carbonyl (C=O) groups is 1. The van der Waals surface area contributed by atoms with Crippen LogP contribution in [0.1, 0.15) is 117 Å². The van der Waals surface area contributed by atoms with Crippen LogP contribution in [0.15, 0.2) is 57.7 Å². The number of aliphatic hydroxyl groups excluding tert-OH is 3. The first-order valence-corrected chi connectivity index (χ1v) is 25.8.